The van der Waals surface area contributed by atoms with Crippen LogP contribution in [0.4, 0.5) is 5.69 Å². The fourth-order valence-corrected chi connectivity index (χ4v) is 3.37. The lowest BCUT2D eigenvalue weighted by Crippen LogP contribution is -2.17. The molecule has 1 amide bonds. The number of hydrogen-bond donors (Lipinski definition) is 2. The standard InChI is InChI=1S/C20H19N3O/c24-20(17-8-2-1-7-16(17)15-10-12-21-13-15)23-18-9-3-5-14-6-4-11-22-19(14)18/h1-9,11,15,21H,10,12-13H2,(H,23,24)/t15-/m1/s1. The van der Waals surface area contributed by atoms with Gasteiger partial charge in [0.15, 0.2) is 0 Å². The molecular formula is C20H19N3O. The van der Waals surface area contributed by atoms with E-state index in [1.54, 1.807) is 6.20 Å². The van der Waals surface area contributed by atoms with Gasteiger partial charge < -0.3 is 10.6 Å². The fraction of sp³-hybridized carbons (Fsp3) is 0.200. The molecule has 4 nitrogen and oxygen atoms in total. The minimum absolute atomic E-state index is 0.0735. The Labute approximate surface area is 140 Å². The summed E-state index contributed by atoms with van der Waals surface area (Å²) in [6.45, 7) is 1.94. The van der Waals surface area contributed by atoms with Crippen molar-refractivity contribution in [3.05, 3.63) is 71.9 Å². The summed E-state index contributed by atoms with van der Waals surface area (Å²) < 4.78 is 0. The highest BCUT2D eigenvalue weighted by molar-refractivity contribution is 6.09. The summed E-state index contributed by atoms with van der Waals surface area (Å²) in [5.41, 5.74) is 3.43. The van der Waals surface area contributed by atoms with E-state index in [1.807, 2.05) is 48.5 Å². The molecule has 1 atom stereocenters. The van der Waals surface area contributed by atoms with E-state index in [2.05, 4.69) is 21.7 Å². The molecule has 0 saturated carbocycles. The third-order valence-electron chi connectivity index (χ3n) is 4.59. The van der Waals surface area contributed by atoms with Crippen LogP contribution in [0.2, 0.25) is 0 Å². The van der Waals surface area contributed by atoms with E-state index >= 15 is 0 Å². The molecular weight excluding hydrogens is 298 g/mol. The van der Waals surface area contributed by atoms with Gasteiger partial charge in [-0.3, -0.25) is 9.78 Å². The Kier molecular flexibility index (Phi) is 3.97. The second-order valence-electron chi connectivity index (χ2n) is 6.11. The van der Waals surface area contributed by atoms with Crippen molar-refractivity contribution in [3.63, 3.8) is 0 Å². The Bertz CT molecular complexity index is 879. The monoisotopic (exact) mass is 317 g/mol. The molecule has 2 N–H and O–H groups in total. The van der Waals surface area contributed by atoms with Crippen LogP contribution >= 0.6 is 0 Å². The number of nitrogens with zero attached hydrogens (tertiary/aromatic N) is 1. The lowest BCUT2D eigenvalue weighted by atomic mass is 9.93. The first-order valence-electron chi connectivity index (χ1n) is 8.27. The zero-order valence-corrected chi connectivity index (χ0v) is 13.3. The van der Waals surface area contributed by atoms with Gasteiger partial charge in [0, 0.05) is 23.7 Å². The molecule has 0 radical (unpaired) electrons. The summed E-state index contributed by atoms with van der Waals surface area (Å²) in [7, 11) is 0. The van der Waals surface area contributed by atoms with Gasteiger partial charge in [-0.2, -0.15) is 0 Å². The van der Waals surface area contributed by atoms with Crippen LogP contribution in [0.25, 0.3) is 10.9 Å². The highest BCUT2D eigenvalue weighted by Crippen LogP contribution is 2.27. The van der Waals surface area contributed by atoms with E-state index < -0.39 is 0 Å². The lowest BCUT2D eigenvalue weighted by molar-refractivity contribution is 0.102. The number of anilines is 1. The van der Waals surface area contributed by atoms with Crippen molar-refractivity contribution in [2.75, 3.05) is 18.4 Å². The van der Waals surface area contributed by atoms with Crippen LogP contribution in [0.1, 0.15) is 28.3 Å². The van der Waals surface area contributed by atoms with Crippen molar-refractivity contribution in [2.45, 2.75) is 12.3 Å². The van der Waals surface area contributed by atoms with Crippen LogP contribution in [-0.2, 0) is 0 Å². The van der Waals surface area contributed by atoms with Crippen LogP contribution < -0.4 is 10.6 Å². The van der Waals surface area contributed by atoms with Gasteiger partial charge in [-0.1, -0.05) is 36.4 Å². The number of carbonyl (C=O) groups excluding carboxylic acids is 1. The van der Waals surface area contributed by atoms with E-state index in [-0.39, 0.29) is 5.91 Å². The average molecular weight is 317 g/mol. The highest BCUT2D eigenvalue weighted by Gasteiger charge is 2.22. The van der Waals surface area contributed by atoms with Crippen LogP contribution in [0.3, 0.4) is 0 Å². The zero-order valence-electron chi connectivity index (χ0n) is 13.3. The van der Waals surface area contributed by atoms with Gasteiger partial charge in [0.25, 0.3) is 5.91 Å². The van der Waals surface area contributed by atoms with E-state index in [1.165, 1.54) is 0 Å². The van der Waals surface area contributed by atoms with Crippen LogP contribution in [0, 0.1) is 0 Å². The number of benzene rings is 2. The van der Waals surface area contributed by atoms with Crippen LogP contribution in [0.5, 0.6) is 0 Å². The molecule has 2 aromatic carbocycles. The number of para-hydroxylation sites is 1. The SMILES string of the molecule is O=C(Nc1cccc2cccnc12)c1ccccc1[C@@H]1CCNC1. The highest BCUT2D eigenvalue weighted by atomic mass is 16.1. The molecule has 3 aromatic rings. The van der Waals surface area contributed by atoms with Gasteiger partial charge in [0.2, 0.25) is 0 Å². The number of aromatic nitrogens is 1. The second-order valence-corrected chi connectivity index (χ2v) is 6.11. The molecule has 0 aliphatic carbocycles. The number of fused-ring (bicyclic) bond motifs is 1. The van der Waals surface area contributed by atoms with Gasteiger partial charge in [-0.05, 0) is 42.6 Å². The summed E-state index contributed by atoms with van der Waals surface area (Å²) in [4.78, 5) is 17.3. The van der Waals surface area contributed by atoms with Gasteiger partial charge >= 0.3 is 0 Å². The summed E-state index contributed by atoms with van der Waals surface area (Å²) in [6, 6.07) is 17.6. The Morgan fingerprint density at radius 2 is 1.96 bits per heavy atom. The quantitative estimate of drug-likeness (QED) is 0.776. The van der Waals surface area contributed by atoms with Crippen LogP contribution in [-0.4, -0.2) is 24.0 Å². The number of pyridine rings is 1. The third-order valence-corrected chi connectivity index (χ3v) is 4.59. The van der Waals surface area contributed by atoms with E-state index in [0.29, 0.717) is 5.92 Å². The number of hydrogen-bond acceptors (Lipinski definition) is 3. The number of rotatable bonds is 3. The predicted molar refractivity (Wildman–Crippen MR) is 96.4 cm³/mol. The van der Waals surface area contributed by atoms with Crippen molar-refractivity contribution in [2.24, 2.45) is 0 Å². The molecule has 24 heavy (non-hydrogen) atoms. The number of carbonyl (C=O) groups is 1. The normalized spacial score (nSPS) is 17.1. The second kappa shape index (κ2) is 6.42. The summed E-state index contributed by atoms with van der Waals surface area (Å²) in [5, 5.41) is 7.43. The Morgan fingerprint density at radius 3 is 2.83 bits per heavy atom. The Balaban J connectivity index is 1.67. The van der Waals surface area contributed by atoms with Gasteiger partial charge in [-0.15, -0.1) is 0 Å². The molecule has 4 heteroatoms. The smallest absolute Gasteiger partial charge is 0.256 e. The van der Waals surface area contributed by atoms with E-state index in [0.717, 1.165) is 47.2 Å². The summed E-state index contributed by atoms with van der Waals surface area (Å²) in [5.74, 6) is 0.327. The van der Waals surface area contributed by atoms with Gasteiger partial charge in [-0.25, -0.2) is 0 Å². The molecule has 1 aliphatic rings. The molecule has 120 valence electrons. The van der Waals surface area contributed by atoms with Crippen molar-refractivity contribution in [1.29, 1.82) is 0 Å². The van der Waals surface area contributed by atoms with Crippen molar-refractivity contribution >= 4 is 22.5 Å². The number of nitrogens with one attached hydrogen (secondary N) is 2. The molecule has 1 saturated heterocycles. The van der Waals surface area contributed by atoms with Crippen molar-refractivity contribution in [1.82, 2.24) is 10.3 Å². The zero-order chi connectivity index (χ0) is 16.4. The van der Waals surface area contributed by atoms with E-state index in [4.69, 9.17) is 0 Å². The molecule has 0 spiro atoms. The Hall–Kier alpha value is -2.72. The summed E-state index contributed by atoms with van der Waals surface area (Å²) >= 11 is 0. The molecule has 0 bridgehead atoms. The predicted octanol–water partition coefficient (Wildman–Crippen LogP) is 3.56. The first-order chi connectivity index (χ1) is 11.8. The van der Waals surface area contributed by atoms with Gasteiger partial charge in [0.1, 0.15) is 0 Å². The molecule has 4 rings (SSSR count). The third kappa shape index (κ3) is 2.76. The maximum Gasteiger partial charge on any atom is 0.256 e. The molecule has 1 aliphatic heterocycles. The summed E-state index contributed by atoms with van der Waals surface area (Å²) in [6.07, 6.45) is 2.82. The number of amides is 1. The minimum atomic E-state index is -0.0735. The first kappa shape index (κ1) is 14.8. The lowest BCUT2D eigenvalue weighted by Gasteiger charge is -2.15. The maximum absolute atomic E-state index is 12.9. The van der Waals surface area contributed by atoms with Crippen molar-refractivity contribution in [3.8, 4) is 0 Å². The molecule has 2 heterocycles. The molecule has 0 unspecified atom stereocenters. The Morgan fingerprint density at radius 1 is 1.08 bits per heavy atom. The van der Waals surface area contributed by atoms with Crippen LogP contribution in [0.15, 0.2) is 60.8 Å². The first-order valence-corrected chi connectivity index (χ1v) is 8.27. The van der Waals surface area contributed by atoms with E-state index in [9.17, 15) is 4.79 Å². The largest absolute Gasteiger partial charge is 0.320 e. The minimum Gasteiger partial charge on any atom is -0.320 e. The topological polar surface area (TPSA) is 54.0 Å². The maximum atomic E-state index is 12.9. The fourth-order valence-electron chi connectivity index (χ4n) is 3.37. The van der Waals surface area contributed by atoms with Gasteiger partial charge in [0.05, 0.1) is 11.2 Å². The molecule has 1 aromatic heterocycles. The van der Waals surface area contributed by atoms with Crippen molar-refractivity contribution < 1.29 is 4.79 Å². The molecule has 1 fully saturated rings. The average Bonchev–Trinajstić information content (AvgIpc) is 3.16.